The molecule has 0 saturated carbocycles. The van der Waals surface area contributed by atoms with E-state index in [1.807, 2.05) is 12.4 Å². The summed E-state index contributed by atoms with van der Waals surface area (Å²) in [5, 5.41) is 0. The third-order valence-electron chi connectivity index (χ3n) is 1.90. The summed E-state index contributed by atoms with van der Waals surface area (Å²) in [5.74, 6) is 0. The smallest absolute Gasteiger partial charge is 0.112 e. The van der Waals surface area contributed by atoms with Gasteiger partial charge in [-0.1, -0.05) is 0 Å². The second-order valence-corrected chi connectivity index (χ2v) is 2.71. The van der Waals surface area contributed by atoms with Gasteiger partial charge in [-0.3, -0.25) is 4.99 Å². The Balaban J connectivity index is 2.16. The van der Waals surface area contributed by atoms with Crippen LogP contribution < -0.4 is 0 Å². The lowest BCUT2D eigenvalue weighted by atomic mass is 10.0. The van der Waals surface area contributed by atoms with Crippen LogP contribution in [0.4, 0.5) is 0 Å². The minimum Gasteiger partial charge on any atom is -0.365 e. The average Bonchev–Trinajstić information content (AvgIpc) is 2.46. The highest BCUT2D eigenvalue weighted by atomic mass is 16.6. The van der Waals surface area contributed by atoms with Gasteiger partial charge in [0.05, 0.1) is 6.61 Å². The molecule has 9 heavy (non-hydrogen) atoms. The molecular weight excluding hydrogens is 114 g/mol. The summed E-state index contributed by atoms with van der Waals surface area (Å²) >= 11 is 0. The number of epoxide rings is 1. The van der Waals surface area contributed by atoms with Crippen LogP contribution in [0.2, 0.25) is 0 Å². The van der Waals surface area contributed by atoms with E-state index in [9.17, 15) is 0 Å². The topological polar surface area (TPSA) is 24.9 Å². The Labute approximate surface area is 54.2 Å². The molecule has 1 unspecified atom stereocenters. The van der Waals surface area contributed by atoms with Crippen molar-refractivity contribution in [1.82, 2.24) is 0 Å². The molecule has 2 heterocycles. The number of hydrogen-bond donors (Lipinski definition) is 0. The second kappa shape index (κ2) is 1.45. The molecule has 48 valence electrons. The lowest BCUT2D eigenvalue weighted by molar-refractivity contribution is 0.356. The summed E-state index contributed by atoms with van der Waals surface area (Å²) in [6.45, 7) is 2.98. The largest absolute Gasteiger partial charge is 0.365 e. The monoisotopic (exact) mass is 123 g/mol. The van der Waals surface area contributed by atoms with Crippen molar-refractivity contribution in [2.75, 3.05) is 6.61 Å². The Hall–Kier alpha value is -0.630. The number of nitrogens with zero attached hydrogens (tertiary/aromatic N) is 1. The molecule has 1 atom stereocenters. The zero-order chi connectivity index (χ0) is 6.32. The molecule has 0 bridgehead atoms. The SMILES string of the molecule is CC1(C2=CN=CC2)CO1. The minimum atomic E-state index is 0.0660. The molecule has 0 radical (unpaired) electrons. The van der Waals surface area contributed by atoms with Gasteiger partial charge < -0.3 is 4.74 Å². The van der Waals surface area contributed by atoms with Crippen LogP contribution in [0.15, 0.2) is 16.8 Å². The van der Waals surface area contributed by atoms with E-state index >= 15 is 0 Å². The fourth-order valence-electron chi connectivity index (χ4n) is 0.993. The van der Waals surface area contributed by atoms with Crippen molar-refractivity contribution in [3.05, 3.63) is 11.8 Å². The zero-order valence-electron chi connectivity index (χ0n) is 5.42. The van der Waals surface area contributed by atoms with E-state index in [0.29, 0.717) is 0 Å². The van der Waals surface area contributed by atoms with Gasteiger partial charge >= 0.3 is 0 Å². The molecule has 0 aromatic rings. The molecule has 0 aromatic carbocycles. The van der Waals surface area contributed by atoms with Crippen molar-refractivity contribution >= 4 is 6.21 Å². The van der Waals surface area contributed by atoms with Crippen molar-refractivity contribution in [3.63, 3.8) is 0 Å². The van der Waals surface area contributed by atoms with Crippen molar-refractivity contribution in [2.24, 2.45) is 4.99 Å². The lowest BCUT2D eigenvalue weighted by Crippen LogP contribution is -2.06. The van der Waals surface area contributed by atoms with Crippen LogP contribution in [0.1, 0.15) is 13.3 Å². The van der Waals surface area contributed by atoms with Gasteiger partial charge in [0.25, 0.3) is 0 Å². The van der Waals surface area contributed by atoms with Crippen LogP contribution >= 0.6 is 0 Å². The highest BCUT2D eigenvalue weighted by Gasteiger charge is 2.43. The lowest BCUT2D eigenvalue weighted by Gasteiger charge is -2.02. The van der Waals surface area contributed by atoms with E-state index in [2.05, 4.69) is 11.9 Å². The fourth-order valence-corrected chi connectivity index (χ4v) is 0.993. The molecule has 2 heteroatoms. The Kier molecular flexibility index (Phi) is 0.833. The maximum atomic E-state index is 5.23. The first kappa shape index (κ1) is 5.18. The Morgan fingerprint density at radius 2 is 2.56 bits per heavy atom. The predicted molar refractivity (Wildman–Crippen MR) is 35.5 cm³/mol. The Morgan fingerprint density at radius 1 is 1.78 bits per heavy atom. The number of ether oxygens (including phenoxy) is 1. The highest BCUT2D eigenvalue weighted by molar-refractivity contribution is 5.66. The number of rotatable bonds is 1. The standard InChI is InChI=1S/C7H9NO/c1-7(5-9-7)6-2-3-8-4-6/h3-4H,2,5H2,1H3. The molecule has 1 fully saturated rings. The molecule has 0 aromatic heterocycles. The molecule has 2 aliphatic rings. The Morgan fingerprint density at radius 3 is 3.00 bits per heavy atom. The van der Waals surface area contributed by atoms with E-state index in [0.717, 1.165) is 13.0 Å². The van der Waals surface area contributed by atoms with Crippen LogP contribution in [-0.2, 0) is 4.74 Å². The molecule has 2 nitrogen and oxygen atoms in total. The molecule has 2 aliphatic heterocycles. The van der Waals surface area contributed by atoms with Gasteiger partial charge in [-0.05, 0) is 12.5 Å². The van der Waals surface area contributed by atoms with E-state index in [1.165, 1.54) is 5.57 Å². The first-order chi connectivity index (χ1) is 4.31. The number of hydrogen-bond acceptors (Lipinski definition) is 2. The van der Waals surface area contributed by atoms with Crippen LogP contribution in [0.3, 0.4) is 0 Å². The molecular formula is C7H9NO. The summed E-state index contributed by atoms with van der Waals surface area (Å²) in [7, 11) is 0. The highest BCUT2D eigenvalue weighted by Crippen LogP contribution is 2.36. The second-order valence-electron chi connectivity index (χ2n) is 2.71. The summed E-state index contributed by atoms with van der Waals surface area (Å²) < 4.78 is 5.23. The van der Waals surface area contributed by atoms with Gasteiger partial charge in [0.15, 0.2) is 0 Å². The van der Waals surface area contributed by atoms with Crippen LogP contribution in [-0.4, -0.2) is 18.4 Å². The molecule has 2 rings (SSSR count). The molecule has 0 amide bonds. The van der Waals surface area contributed by atoms with Crippen molar-refractivity contribution < 1.29 is 4.74 Å². The zero-order valence-corrected chi connectivity index (χ0v) is 5.42. The van der Waals surface area contributed by atoms with Crippen LogP contribution in [0, 0.1) is 0 Å². The molecule has 1 saturated heterocycles. The normalized spacial score (nSPS) is 39.0. The van der Waals surface area contributed by atoms with Crippen molar-refractivity contribution in [1.29, 1.82) is 0 Å². The summed E-state index contributed by atoms with van der Waals surface area (Å²) in [4.78, 5) is 4.00. The summed E-state index contributed by atoms with van der Waals surface area (Å²) in [6.07, 6.45) is 4.81. The first-order valence-electron chi connectivity index (χ1n) is 3.16. The quantitative estimate of drug-likeness (QED) is 0.480. The fraction of sp³-hybridized carbons (Fsp3) is 0.571. The predicted octanol–water partition coefficient (Wildman–Crippen LogP) is 1.13. The summed E-state index contributed by atoms with van der Waals surface area (Å²) in [5.41, 5.74) is 1.39. The molecule has 0 N–H and O–H groups in total. The van der Waals surface area contributed by atoms with Gasteiger partial charge in [-0.15, -0.1) is 0 Å². The van der Waals surface area contributed by atoms with E-state index in [4.69, 9.17) is 4.74 Å². The van der Waals surface area contributed by atoms with Gasteiger partial charge in [-0.2, -0.15) is 0 Å². The third-order valence-corrected chi connectivity index (χ3v) is 1.90. The maximum Gasteiger partial charge on any atom is 0.112 e. The maximum absolute atomic E-state index is 5.23. The van der Waals surface area contributed by atoms with Gasteiger partial charge in [0, 0.05) is 18.8 Å². The molecule has 0 spiro atoms. The van der Waals surface area contributed by atoms with Gasteiger partial charge in [0.2, 0.25) is 0 Å². The number of aliphatic imine (C=N–C) groups is 1. The van der Waals surface area contributed by atoms with E-state index in [1.54, 1.807) is 0 Å². The van der Waals surface area contributed by atoms with Crippen molar-refractivity contribution in [2.45, 2.75) is 18.9 Å². The first-order valence-corrected chi connectivity index (χ1v) is 3.16. The van der Waals surface area contributed by atoms with Crippen molar-refractivity contribution in [3.8, 4) is 0 Å². The summed E-state index contributed by atoms with van der Waals surface area (Å²) in [6, 6.07) is 0. The average molecular weight is 123 g/mol. The molecule has 0 aliphatic carbocycles. The van der Waals surface area contributed by atoms with E-state index in [-0.39, 0.29) is 5.60 Å². The van der Waals surface area contributed by atoms with Crippen LogP contribution in [0.5, 0.6) is 0 Å². The minimum absolute atomic E-state index is 0.0660. The van der Waals surface area contributed by atoms with Gasteiger partial charge in [-0.25, -0.2) is 0 Å². The Bertz CT molecular complexity index is 189. The van der Waals surface area contributed by atoms with Gasteiger partial charge in [0.1, 0.15) is 5.60 Å². The van der Waals surface area contributed by atoms with E-state index < -0.39 is 0 Å². The van der Waals surface area contributed by atoms with Crippen LogP contribution in [0.25, 0.3) is 0 Å². The third kappa shape index (κ3) is 0.704.